The Hall–Kier alpha value is -1.59. The maximum atomic E-state index is 12.3. The Morgan fingerprint density at radius 3 is 2.96 bits per heavy atom. The van der Waals surface area contributed by atoms with Gasteiger partial charge in [0.15, 0.2) is 0 Å². The van der Waals surface area contributed by atoms with Gasteiger partial charge in [-0.1, -0.05) is 24.4 Å². The lowest BCUT2D eigenvalue weighted by Crippen LogP contribution is -2.46. The van der Waals surface area contributed by atoms with E-state index in [1.807, 2.05) is 32.2 Å². The molecule has 0 aliphatic heterocycles. The number of imidazole rings is 1. The molecular formula is C18H25ClN4O. The van der Waals surface area contributed by atoms with E-state index in [2.05, 4.69) is 20.2 Å². The largest absolute Gasteiger partial charge is 0.352 e. The van der Waals surface area contributed by atoms with E-state index in [0.29, 0.717) is 11.1 Å². The third kappa shape index (κ3) is 4.08. The molecule has 1 aromatic heterocycles. The molecule has 1 atom stereocenters. The van der Waals surface area contributed by atoms with Crippen LogP contribution in [0, 0.1) is 0 Å². The van der Waals surface area contributed by atoms with E-state index in [1.165, 1.54) is 12.8 Å². The summed E-state index contributed by atoms with van der Waals surface area (Å²) in [6, 6.07) is 5.88. The number of nitrogens with one attached hydrogen (secondary N) is 2. The zero-order chi connectivity index (χ0) is 17.1. The minimum absolute atomic E-state index is 0.126. The molecule has 0 radical (unpaired) electrons. The van der Waals surface area contributed by atoms with Crippen molar-refractivity contribution in [3.8, 4) is 0 Å². The van der Waals surface area contributed by atoms with Gasteiger partial charge in [0.25, 0.3) is 0 Å². The summed E-state index contributed by atoms with van der Waals surface area (Å²) < 4.78 is 0. The average molecular weight is 349 g/mol. The first-order valence-corrected chi connectivity index (χ1v) is 9.05. The highest BCUT2D eigenvalue weighted by atomic mass is 35.5. The molecule has 0 bridgehead atoms. The number of rotatable bonds is 6. The summed E-state index contributed by atoms with van der Waals surface area (Å²) in [5.41, 5.74) is 1.87. The lowest BCUT2D eigenvalue weighted by molar-refractivity contribution is -0.126. The summed E-state index contributed by atoms with van der Waals surface area (Å²) in [7, 11) is 1.98. The third-order valence-electron chi connectivity index (χ3n) is 4.94. The minimum atomic E-state index is -0.135. The van der Waals surface area contributed by atoms with Crippen LogP contribution in [-0.2, 0) is 11.2 Å². The molecule has 1 saturated carbocycles. The smallest absolute Gasteiger partial charge is 0.237 e. The van der Waals surface area contributed by atoms with Crippen molar-refractivity contribution < 1.29 is 4.79 Å². The first-order valence-electron chi connectivity index (χ1n) is 8.67. The van der Waals surface area contributed by atoms with Gasteiger partial charge in [-0.2, -0.15) is 0 Å². The Bertz CT molecular complexity index is 708. The monoisotopic (exact) mass is 348 g/mol. The normalized spacial score (nSPS) is 16.8. The fourth-order valence-corrected chi connectivity index (χ4v) is 3.39. The van der Waals surface area contributed by atoms with Crippen LogP contribution in [0.5, 0.6) is 0 Å². The summed E-state index contributed by atoms with van der Waals surface area (Å²) in [5, 5.41) is 3.87. The number of hydrogen-bond donors (Lipinski definition) is 2. The first-order chi connectivity index (χ1) is 11.5. The summed E-state index contributed by atoms with van der Waals surface area (Å²) in [4.78, 5) is 22.3. The van der Waals surface area contributed by atoms with Crippen LogP contribution >= 0.6 is 11.6 Å². The van der Waals surface area contributed by atoms with Gasteiger partial charge in [0.1, 0.15) is 5.82 Å². The molecule has 3 rings (SSSR count). The number of H-pyrrole nitrogens is 1. The lowest BCUT2D eigenvalue weighted by Gasteiger charge is -2.25. The molecule has 2 N–H and O–H groups in total. The van der Waals surface area contributed by atoms with Crippen molar-refractivity contribution in [3.63, 3.8) is 0 Å². The number of likely N-dealkylation sites (N-methyl/N-ethyl adjacent to an activating group) is 1. The second kappa shape index (κ2) is 7.53. The molecule has 1 heterocycles. The van der Waals surface area contributed by atoms with Crippen LogP contribution in [0.15, 0.2) is 18.2 Å². The molecule has 6 heteroatoms. The number of benzene rings is 1. The Morgan fingerprint density at radius 2 is 2.21 bits per heavy atom. The standard InChI is InChI=1S/C18H25ClN4O/c1-12(18(24)20-14-5-3-4-6-14)23(2)10-9-17-21-15-8-7-13(19)11-16(15)22-17/h7-8,11-12,14H,3-6,9-10H2,1-2H3,(H,20,24)(H,21,22). The van der Waals surface area contributed by atoms with Gasteiger partial charge in [0.2, 0.25) is 5.91 Å². The van der Waals surface area contributed by atoms with E-state index in [4.69, 9.17) is 11.6 Å². The number of carbonyl (C=O) groups is 1. The fraction of sp³-hybridized carbons (Fsp3) is 0.556. The summed E-state index contributed by atoms with van der Waals surface area (Å²) in [6.07, 6.45) is 5.45. The van der Waals surface area contributed by atoms with Gasteiger partial charge in [-0.15, -0.1) is 0 Å². The van der Waals surface area contributed by atoms with Crippen LogP contribution in [0.25, 0.3) is 11.0 Å². The zero-order valence-electron chi connectivity index (χ0n) is 14.3. The van der Waals surface area contributed by atoms with Crippen LogP contribution in [0.2, 0.25) is 5.02 Å². The highest BCUT2D eigenvalue weighted by molar-refractivity contribution is 6.31. The number of nitrogens with zero attached hydrogens (tertiary/aromatic N) is 2. The Labute approximate surface area is 147 Å². The number of aromatic nitrogens is 2. The second-order valence-corrected chi connectivity index (χ2v) is 7.18. The topological polar surface area (TPSA) is 61.0 Å². The van der Waals surface area contributed by atoms with Gasteiger partial charge >= 0.3 is 0 Å². The summed E-state index contributed by atoms with van der Waals surface area (Å²) >= 11 is 6.00. The molecule has 1 unspecified atom stereocenters. The van der Waals surface area contributed by atoms with E-state index in [0.717, 1.165) is 42.7 Å². The molecule has 1 fully saturated rings. The van der Waals surface area contributed by atoms with Gasteiger partial charge in [0.05, 0.1) is 17.1 Å². The Morgan fingerprint density at radius 1 is 1.46 bits per heavy atom. The molecular weight excluding hydrogens is 324 g/mol. The Kier molecular flexibility index (Phi) is 5.41. The molecule has 1 aliphatic rings. The molecule has 1 amide bonds. The lowest BCUT2D eigenvalue weighted by atomic mass is 10.2. The van der Waals surface area contributed by atoms with Crippen molar-refractivity contribution in [1.29, 1.82) is 0 Å². The molecule has 1 aliphatic carbocycles. The zero-order valence-corrected chi connectivity index (χ0v) is 15.1. The van der Waals surface area contributed by atoms with Crippen molar-refractivity contribution in [1.82, 2.24) is 20.2 Å². The number of fused-ring (bicyclic) bond motifs is 1. The minimum Gasteiger partial charge on any atom is -0.352 e. The molecule has 130 valence electrons. The number of halogens is 1. The third-order valence-corrected chi connectivity index (χ3v) is 5.17. The van der Waals surface area contributed by atoms with Crippen LogP contribution in [0.3, 0.4) is 0 Å². The van der Waals surface area contributed by atoms with Gasteiger partial charge in [-0.25, -0.2) is 4.98 Å². The summed E-state index contributed by atoms with van der Waals surface area (Å²) in [5.74, 6) is 1.04. The van der Waals surface area contributed by atoms with Crippen LogP contribution in [0.4, 0.5) is 0 Å². The molecule has 1 aromatic carbocycles. The number of hydrogen-bond acceptors (Lipinski definition) is 3. The molecule has 5 nitrogen and oxygen atoms in total. The van der Waals surface area contributed by atoms with E-state index in [-0.39, 0.29) is 11.9 Å². The number of carbonyl (C=O) groups excluding carboxylic acids is 1. The van der Waals surface area contributed by atoms with E-state index in [1.54, 1.807) is 0 Å². The molecule has 2 aromatic rings. The Balaban J connectivity index is 1.53. The fourth-order valence-electron chi connectivity index (χ4n) is 3.22. The van der Waals surface area contributed by atoms with Crippen LogP contribution in [0.1, 0.15) is 38.4 Å². The SMILES string of the molecule is CC(C(=O)NC1CCCC1)N(C)CCc1nc2ccc(Cl)cc2[nH]1. The van der Waals surface area contributed by atoms with Crippen molar-refractivity contribution in [2.24, 2.45) is 0 Å². The highest BCUT2D eigenvalue weighted by Crippen LogP contribution is 2.19. The molecule has 24 heavy (non-hydrogen) atoms. The summed E-state index contributed by atoms with van der Waals surface area (Å²) in [6.45, 7) is 2.73. The molecule has 0 spiro atoms. The van der Waals surface area contributed by atoms with E-state index < -0.39 is 0 Å². The van der Waals surface area contributed by atoms with Gasteiger partial charge in [-0.05, 0) is 45.0 Å². The number of aromatic amines is 1. The molecule has 0 saturated heterocycles. The van der Waals surface area contributed by atoms with Crippen molar-refractivity contribution in [3.05, 3.63) is 29.0 Å². The predicted molar refractivity (Wildman–Crippen MR) is 97.3 cm³/mol. The highest BCUT2D eigenvalue weighted by Gasteiger charge is 2.23. The average Bonchev–Trinajstić information content (AvgIpc) is 3.20. The quantitative estimate of drug-likeness (QED) is 0.843. The second-order valence-electron chi connectivity index (χ2n) is 6.74. The van der Waals surface area contributed by atoms with Crippen LogP contribution in [-0.4, -0.2) is 46.5 Å². The van der Waals surface area contributed by atoms with Gasteiger partial charge in [0, 0.05) is 24.0 Å². The van der Waals surface area contributed by atoms with E-state index in [9.17, 15) is 4.79 Å². The number of amides is 1. The van der Waals surface area contributed by atoms with E-state index >= 15 is 0 Å². The predicted octanol–water partition coefficient (Wildman–Crippen LogP) is 3.14. The van der Waals surface area contributed by atoms with Gasteiger partial charge < -0.3 is 10.3 Å². The van der Waals surface area contributed by atoms with Gasteiger partial charge in [-0.3, -0.25) is 9.69 Å². The maximum absolute atomic E-state index is 12.3. The van der Waals surface area contributed by atoms with Crippen LogP contribution < -0.4 is 5.32 Å². The maximum Gasteiger partial charge on any atom is 0.237 e. The van der Waals surface area contributed by atoms with Crippen molar-refractivity contribution >= 4 is 28.5 Å². The first kappa shape index (κ1) is 17.2. The van der Waals surface area contributed by atoms with Crippen molar-refractivity contribution in [2.75, 3.05) is 13.6 Å². The van der Waals surface area contributed by atoms with Crippen molar-refractivity contribution in [2.45, 2.75) is 51.1 Å².